The Hall–Kier alpha value is -3.93. The smallest absolute Gasteiger partial charge is 0.326 e. The van der Waals surface area contributed by atoms with E-state index in [-0.39, 0.29) is 25.2 Å². The standard InChI is InChI=1S/C25H35N5O7/c1-13(2)10-20(25(36)37)30-24(35)19(8-9-21(31)32)29-22(33)14(3)28-23(34)17(26)11-15-12-27-18-7-5-4-6-16(15)18/h4-7,12-14,17,19-20,27H,8-11,26H2,1-3H3,(H,28,34)(H,29,33)(H,30,35)(H,31,32)(H,36,37). The Bertz CT molecular complexity index is 1130. The molecule has 1 aromatic heterocycles. The number of para-hydroxylation sites is 1. The van der Waals surface area contributed by atoms with E-state index in [2.05, 4.69) is 20.9 Å². The molecule has 2 rings (SSSR count). The minimum atomic E-state index is -1.31. The maximum absolute atomic E-state index is 12.7. The fourth-order valence-corrected chi connectivity index (χ4v) is 3.81. The van der Waals surface area contributed by atoms with Gasteiger partial charge >= 0.3 is 11.9 Å². The molecule has 0 saturated heterocycles. The number of benzene rings is 1. The predicted molar refractivity (Wildman–Crippen MR) is 135 cm³/mol. The van der Waals surface area contributed by atoms with E-state index in [0.717, 1.165) is 16.5 Å². The van der Waals surface area contributed by atoms with Crippen molar-refractivity contribution in [3.8, 4) is 0 Å². The zero-order chi connectivity index (χ0) is 27.7. The van der Waals surface area contributed by atoms with Gasteiger partial charge in [-0.05, 0) is 43.7 Å². The van der Waals surface area contributed by atoms with E-state index in [0.29, 0.717) is 0 Å². The first kappa shape index (κ1) is 29.3. The van der Waals surface area contributed by atoms with Crippen molar-refractivity contribution in [1.82, 2.24) is 20.9 Å². The van der Waals surface area contributed by atoms with Crippen molar-refractivity contribution in [1.29, 1.82) is 0 Å². The molecule has 1 heterocycles. The lowest BCUT2D eigenvalue weighted by Gasteiger charge is -2.24. The Kier molecular flexibility index (Phi) is 10.6. The average molecular weight is 518 g/mol. The molecule has 0 fully saturated rings. The highest BCUT2D eigenvalue weighted by Crippen LogP contribution is 2.18. The highest BCUT2D eigenvalue weighted by Gasteiger charge is 2.29. The first-order valence-electron chi connectivity index (χ1n) is 12.0. The summed E-state index contributed by atoms with van der Waals surface area (Å²) < 4.78 is 0. The summed E-state index contributed by atoms with van der Waals surface area (Å²) in [6.45, 7) is 4.98. The lowest BCUT2D eigenvalue weighted by molar-refractivity contribution is -0.143. The first-order chi connectivity index (χ1) is 17.4. The molecule has 202 valence electrons. The number of carboxylic acid groups (broad SMARTS) is 2. The Morgan fingerprint density at radius 1 is 0.919 bits per heavy atom. The summed E-state index contributed by atoms with van der Waals surface area (Å²) in [4.78, 5) is 63.7. The average Bonchev–Trinajstić information content (AvgIpc) is 3.23. The fourth-order valence-electron chi connectivity index (χ4n) is 3.81. The number of rotatable bonds is 14. The predicted octanol–water partition coefficient (Wildman–Crippen LogP) is 0.508. The summed E-state index contributed by atoms with van der Waals surface area (Å²) in [5.41, 5.74) is 7.81. The first-order valence-corrected chi connectivity index (χ1v) is 12.0. The highest BCUT2D eigenvalue weighted by atomic mass is 16.4. The van der Waals surface area contributed by atoms with Crippen LogP contribution in [0.25, 0.3) is 10.9 Å². The Morgan fingerprint density at radius 2 is 1.57 bits per heavy atom. The second-order valence-corrected chi connectivity index (χ2v) is 9.42. The molecule has 4 atom stereocenters. The van der Waals surface area contributed by atoms with Gasteiger partial charge in [0.25, 0.3) is 0 Å². The molecule has 8 N–H and O–H groups in total. The van der Waals surface area contributed by atoms with E-state index in [4.69, 9.17) is 10.8 Å². The number of nitrogens with two attached hydrogens (primary N) is 1. The largest absolute Gasteiger partial charge is 0.481 e. The third-order valence-corrected chi connectivity index (χ3v) is 5.81. The molecule has 37 heavy (non-hydrogen) atoms. The number of carbonyl (C=O) groups excluding carboxylic acids is 3. The number of aliphatic carboxylic acids is 2. The normalized spacial score (nSPS) is 14.4. The van der Waals surface area contributed by atoms with Crippen LogP contribution in [0.3, 0.4) is 0 Å². The maximum Gasteiger partial charge on any atom is 0.326 e. The van der Waals surface area contributed by atoms with Crippen molar-refractivity contribution < 1.29 is 34.2 Å². The SMILES string of the molecule is CC(C)CC(NC(=O)C(CCC(=O)O)NC(=O)C(C)NC(=O)C(N)Cc1c[nH]c2ccccc12)C(=O)O. The van der Waals surface area contributed by atoms with Crippen LogP contribution in [-0.4, -0.2) is 69.0 Å². The van der Waals surface area contributed by atoms with Crippen LogP contribution in [-0.2, 0) is 30.4 Å². The van der Waals surface area contributed by atoms with Gasteiger partial charge in [-0.15, -0.1) is 0 Å². The van der Waals surface area contributed by atoms with Crippen LogP contribution in [0.2, 0.25) is 0 Å². The van der Waals surface area contributed by atoms with Gasteiger partial charge in [0.1, 0.15) is 18.1 Å². The Morgan fingerprint density at radius 3 is 2.19 bits per heavy atom. The topological polar surface area (TPSA) is 204 Å². The van der Waals surface area contributed by atoms with Crippen molar-refractivity contribution in [2.24, 2.45) is 11.7 Å². The molecule has 0 bridgehead atoms. The molecule has 1 aromatic carbocycles. The second kappa shape index (κ2) is 13.4. The third-order valence-electron chi connectivity index (χ3n) is 5.81. The summed E-state index contributed by atoms with van der Waals surface area (Å²) in [5.74, 6) is -4.60. The molecule has 12 heteroatoms. The van der Waals surface area contributed by atoms with Crippen molar-refractivity contribution in [2.75, 3.05) is 0 Å². The summed E-state index contributed by atoms with van der Waals surface area (Å²) in [5, 5.41) is 26.6. The summed E-state index contributed by atoms with van der Waals surface area (Å²) >= 11 is 0. The van der Waals surface area contributed by atoms with Crippen LogP contribution in [0.1, 0.15) is 45.6 Å². The zero-order valence-corrected chi connectivity index (χ0v) is 21.1. The van der Waals surface area contributed by atoms with Crippen molar-refractivity contribution in [3.63, 3.8) is 0 Å². The molecule has 2 aromatic rings. The molecule has 0 aliphatic rings. The number of hydrogen-bond donors (Lipinski definition) is 7. The van der Waals surface area contributed by atoms with E-state index in [1.165, 1.54) is 6.92 Å². The van der Waals surface area contributed by atoms with Gasteiger partial charge < -0.3 is 36.9 Å². The number of fused-ring (bicyclic) bond motifs is 1. The van der Waals surface area contributed by atoms with Gasteiger partial charge in [-0.25, -0.2) is 4.79 Å². The van der Waals surface area contributed by atoms with E-state index in [1.54, 1.807) is 20.0 Å². The van der Waals surface area contributed by atoms with Gasteiger partial charge in [0.2, 0.25) is 17.7 Å². The second-order valence-electron chi connectivity index (χ2n) is 9.42. The molecule has 0 aliphatic carbocycles. The molecule has 12 nitrogen and oxygen atoms in total. The van der Waals surface area contributed by atoms with Gasteiger partial charge in [-0.3, -0.25) is 19.2 Å². The van der Waals surface area contributed by atoms with Gasteiger partial charge in [-0.1, -0.05) is 32.0 Å². The van der Waals surface area contributed by atoms with Crippen LogP contribution in [0, 0.1) is 5.92 Å². The van der Waals surface area contributed by atoms with E-state index < -0.39 is 60.2 Å². The minimum Gasteiger partial charge on any atom is -0.481 e. The number of carbonyl (C=O) groups is 5. The van der Waals surface area contributed by atoms with E-state index >= 15 is 0 Å². The van der Waals surface area contributed by atoms with Crippen LogP contribution in [0.15, 0.2) is 30.5 Å². The van der Waals surface area contributed by atoms with Gasteiger partial charge in [0, 0.05) is 23.5 Å². The maximum atomic E-state index is 12.7. The molecule has 4 unspecified atom stereocenters. The van der Waals surface area contributed by atoms with Crippen LogP contribution in [0.5, 0.6) is 0 Å². The van der Waals surface area contributed by atoms with E-state index in [1.807, 2.05) is 24.3 Å². The summed E-state index contributed by atoms with van der Waals surface area (Å²) in [6.07, 6.45) is 1.45. The molecule has 0 radical (unpaired) electrons. The van der Waals surface area contributed by atoms with Gasteiger partial charge in [-0.2, -0.15) is 0 Å². The summed E-state index contributed by atoms with van der Waals surface area (Å²) in [7, 11) is 0. The highest BCUT2D eigenvalue weighted by molar-refractivity contribution is 5.94. The quantitative estimate of drug-likeness (QED) is 0.188. The van der Waals surface area contributed by atoms with Gasteiger partial charge in [0.05, 0.1) is 6.04 Å². The number of nitrogens with one attached hydrogen (secondary N) is 4. The summed E-state index contributed by atoms with van der Waals surface area (Å²) in [6, 6.07) is 3.01. The van der Waals surface area contributed by atoms with E-state index in [9.17, 15) is 29.1 Å². The third kappa shape index (κ3) is 8.90. The van der Waals surface area contributed by atoms with Crippen molar-refractivity contribution >= 4 is 40.6 Å². The Labute approximate surface area is 214 Å². The number of amides is 3. The molecular weight excluding hydrogens is 482 g/mol. The number of H-pyrrole nitrogens is 1. The lowest BCUT2D eigenvalue weighted by Crippen LogP contribution is -2.56. The number of aromatic amines is 1. The van der Waals surface area contributed by atoms with Crippen LogP contribution < -0.4 is 21.7 Å². The number of aromatic nitrogens is 1. The van der Waals surface area contributed by atoms with Crippen molar-refractivity contribution in [3.05, 3.63) is 36.0 Å². The van der Waals surface area contributed by atoms with Gasteiger partial charge in [0.15, 0.2) is 0 Å². The number of carboxylic acids is 2. The van der Waals surface area contributed by atoms with Crippen LogP contribution >= 0.6 is 0 Å². The molecule has 0 saturated carbocycles. The van der Waals surface area contributed by atoms with Crippen LogP contribution in [0.4, 0.5) is 0 Å². The molecule has 3 amide bonds. The zero-order valence-electron chi connectivity index (χ0n) is 21.1. The van der Waals surface area contributed by atoms with Crippen molar-refractivity contribution in [2.45, 2.75) is 70.6 Å². The Balaban J connectivity index is 2.01. The molecule has 0 spiro atoms. The molecular formula is C25H35N5O7. The minimum absolute atomic E-state index is 0.0304. The molecule has 0 aliphatic heterocycles. The lowest BCUT2D eigenvalue weighted by atomic mass is 10.0. The monoisotopic (exact) mass is 517 g/mol. The fraction of sp³-hybridized carbons (Fsp3) is 0.480. The number of hydrogen-bond acceptors (Lipinski definition) is 6.